The van der Waals surface area contributed by atoms with Gasteiger partial charge in [-0.15, -0.1) is 0 Å². The van der Waals surface area contributed by atoms with Crippen LogP contribution in [0.1, 0.15) is 17.3 Å². The Morgan fingerprint density at radius 3 is 2.57 bits per heavy atom. The monoisotopic (exact) mass is 398 g/mol. The summed E-state index contributed by atoms with van der Waals surface area (Å²) in [7, 11) is 0. The molecule has 0 atom stereocenters. The number of oxazole rings is 1. The number of urea groups is 1. The molecule has 28 heavy (non-hydrogen) atoms. The molecule has 0 spiro atoms. The van der Waals surface area contributed by atoms with Crippen LogP contribution in [0.15, 0.2) is 28.7 Å². The Morgan fingerprint density at radius 2 is 1.93 bits per heavy atom. The van der Waals surface area contributed by atoms with E-state index in [2.05, 4.69) is 24.6 Å². The van der Waals surface area contributed by atoms with Crippen molar-refractivity contribution in [1.82, 2.24) is 19.2 Å². The van der Waals surface area contributed by atoms with Crippen molar-refractivity contribution in [1.29, 1.82) is 0 Å². The van der Waals surface area contributed by atoms with E-state index in [1.54, 1.807) is 0 Å². The van der Waals surface area contributed by atoms with E-state index < -0.39 is 0 Å². The van der Waals surface area contributed by atoms with Crippen LogP contribution in [-0.4, -0.2) is 51.5 Å². The van der Waals surface area contributed by atoms with Gasteiger partial charge in [0.1, 0.15) is 11.6 Å². The Labute approximate surface area is 167 Å². The first-order valence-corrected chi connectivity index (χ1v) is 9.92. The highest BCUT2D eigenvalue weighted by Crippen LogP contribution is 2.24. The van der Waals surface area contributed by atoms with E-state index in [4.69, 9.17) is 4.42 Å². The summed E-state index contributed by atoms with van der Waals surface area (Å²) in [6, 6.07) is 7.44. The Hall–Kier alpha value is -2.94. The van der Waals surface area contributed by atoms with Crippen LogP contribution in [-0.2, 0) is 0 Å². The Morgan fingerprint density at radius 1 is 1.14 bits per heavy atom. The van der Waals surface area contributed by atoms with Crippen molar-refractivity contribution in [2.75, 3.05) is 36.4 Å². The molecule has 2 amide bonds. The number of nitrogens with zero attached hydrogens (tertiary/aromatic N) is 5. The molecule has 8 nitrogen and oxygen atoms in total. The predicted molar refractivity (Wildman–Crippen MR) is 109 cm³/mol. The number of nitrogens with one attached hydrogen (secondary N) is 1. The number of hydrogen-bond donors (Lipinski definition) is 1. The highest BCUT2D eigenvalue weighted by atomic mass is 32.1. The average molecular weight is 398 g/mol. The molecule has 0 aliphatic carbocycles. The quantitative estimate of drug-likeness (QED) is 0.727. The second-order valence-corrected chi connectivity index (χ2v) is 7.50. The molecule has 9 heteroatoms. The second-order valence-electron chi connectivity index (χ2n) is 6.77. The molecule has 3 aromatic rings. The fourth-order valence-electron chi connectivity index (χ4n) is 3.04. The fourth-order valence-corrected chi connectivity index (χ4v) is 3.77. The SMILES string of the molecule is Cc1nsc(N2CCN(C(=O)Nc3cccc(-c4nc(C)c(C)o4)c3)CC2)n1. The lowest BCUT2D eigenvalue weighted by molar-refractivity contribution is 0.208. The maximum atomic E-state index is 12.7. The van der Waals surface area contributed by atoms with Gasteiger partial charge in [-0.3, -0.25) is 0 Å². The molecule has 3 heterocycles. The van der Waals surface area contributed by atoms with Crippen LogP contribution in [0.5, 0.6) is 0 Å². The molecule has 2 aromatic heterocycles. The Balaban J connectivity index is 1.38. The van der Waals surface area contributed by atoms with Crippen molar-refractivity contribution >= 4 is 28.4 Å². The summed E-state index contributed by atoms with van der Waals surface area (Å²) in [6.07, 6.45) is 0. The zero-order chi connectivity index (χ0) is 19.7. The molecule has 0 saturated carbocycles. The van der Waals surface area contributed by atoms with Crippen molar-refractivity contribution in [2.45, 2.75) is 20.8 Å². The molecule has 0 radical (unpaired) electrons. The molecule has 1 aliphatic heterocycles. The maximum absolute atomic E-state index is 12.7. The minimum Gasteiger partial charge on any atom is -0.441 e. The van der Waals surface area contributed by atoms with Gasteiger partial charge in [-0.2, -0.15) is 4.37 Å². The number of amides is 2. The first-order chi connectivity index (χ1) is 13.5. The summed E-state index contributed by atoms with van der Waals surface area (Å²) in [4.78, 5) is 25.5. The van der Waals surface area contributed by atoms with Crippen molar-refractivity contribution in [3.63, 3.8) is 0 Å². The van der Waals surface area contributed by atoms with E-state index in [-0.39, 0.29) is 6.03 Å². The van der Waals surface area contributed by atoms with Crippen molar-refractivity contribution in [2.24, 2.45) is 0 Å². The number of carbonyl (C=O) groups excluding carboxylic acids is 1. The van der Waals surface area contributed by atoms with Gasteiger partial charge in [0.15, 0.2) is 0 Å². The van der Waals surface area contributed by atoms with Gasteiger partial charge in [0, 0.05) is 49.0 Å². The molecule has 1 fully saturated rings. The van der Waals surface area contributed by atoms with E-state index in [9.17, 15) is 4.79 Å². The molecule has 146 valence electrons. The van der Waals surface area contributed by atoms with Crippen LogP contribution >= 0.6 is 11.5 Å². The molecule has 1 aromatic carbocycles. The van der Waals surface area contributed by atoms with E-state index in [0.717, 1.165) is 46.8 Å². The van der Waals surface area contributed by atoms with Gasteiger partial charge in [0.25, 0.3) is 0 Å². The van der Waals surface area contributed by atoms with Crippen LogP contribution in [0.2, 0.25) is 0 Å². The van der Waals surface area contributed by atoms with Crippen LogP contribution in [0.4, 0.5) is 15.6 Å². The molecule has 0 bridgehead atoms. The van der Waals surface area contributed by atoms with Gasteiger partial charge in [-0.05, 0) is 39.0 Å². The number of aryl methyl sites for hydroxylation is 3. The number of benzene rings is 1. The summed E-state index contributed by atoms with van der Waals surface area (Å²) in [5.41, 5.74) is 2.43. The molecule has 1 N–H and O–H groups in total. The topological polar surface area (TPSA) is 87.4 Å². The van der Waals surface area contributed by atoms with Gasteiger partial charge in [0.05, 0.1) is 5.69 Å². The molecular formula is C19H22N6O2S. The van der Waals surface area contributed by atoms with Gasteiger partial charge >= 0.3 is 6.03 Å². The zero-order valence-corrected chi connectivity index (χ0v) is 16.9. The van der Waals surface area contributed by atoms with Crippen molar-refractivity contribution in [3.05, 3.63) is 41.5 Å². The summed E-state index contributed by atoms with van der Waals surface area (Å²) in [6.45, 7) is 8.47. The van der Waals surface area contributed by atoms with Gasteiger partial charge < -0.3 is 19.5 Å². The lowest BCUT2D eigenvalue weighted by atomic mass is 10.2. The van der Waals surface area contributed by atoms with Gasteiger partial charge in [0.2, 0.25) is 11.0 Å². The summed E-state index contributed by atoms with van der Waals surface area (Å²) in [5.74, 6) is 2.15. The van der Waals surface area contributed by atoms with Crippen molar-refractivity contribution in [3.8, 4) is 11.5 Å². The number of anilines is 2. The fraction of sp³-hybridized carbons (Fsp3) is 0.368. The molecule has 4 rings (SSSR count). The van der Waals surface area contributed by atoms with E-state index in [0.29, 0.717) is 19.0 Å². The number of carbonyl (C=O) groups is 1. The third-order valence-corrected chi connectivity index (χ3v) is 5.61. The minimum atomic E-state index is -0.106. The molecular weight excluding hydrogens is 376 g/mol. The van der Waals surface area contributed by atoms with Crippen LogP contribution in [0.3, 0.4) is 0 Å². The molecule has 1 aliphatic rings. The Bertz CT molecular complexity index is 970. The lowest BCUT2D eigenvalue weighted by Crippen LogP contribution is -2.50. The van der Waals surface area contributed by atoms with Crippen LogP contribution in [0, 0.1) is 20.8 Å². The first kappa shape index (κ1) is 18.4. The summed E-state index contributed by atoms with van der Waals surface area (Å²) >= 11 is 1.40. The molecule has 1 saturated heterocycles. The average Bonchev–Trinajstić information content (AvgIpc) is 3.28. The highest BCUT2D eigenvalue weighted by Gasteiger charge is 2.23. The summed E-state index contributed by atoms with van der Waals surface area (Å²) in [5, 5.41) is 3.89. The number of hydrogen-bond acceptors (Lipinski definition) is 7. The Kier molecular flexibility index (Phi) is 4.99. The minimum absolute atomic E-state index is 0.106. The van der Waals surface area contributed by atoms with E-state index >= 15 is 0 Å². The zero-order valence-electron chi connectivity index (χ0n) is 16.1. The van der Waals surface area contributed by atoms with E-state index in [1.165, 1.54) is 11.5 Å². The standard InChI is InChI=1S/C19H22N6O2S/c1-12-13(2)27-17(20-12)15-5-4-6-16(11-15)22-18(26)24-7-9-25(10-8-24)19-21-14(3)23-28-19/h4-6,11H,7-10H2,1-3H3,(H,22,26). The van der Waals surface area contributed by atoms with E-state index in [1.807, 2.05) is 49.9 Å². The highest BCUT2D eigenvalue weighted by molar-refractivity contribution is 7.09. The van der Waals surface area contributed by atoms with Crippen LogP contribution < -0.4 is 10.2 Å². The van der Waals surface area contributed by atoms with Gasteiger partial charge in [-0.1, -0.05) is 6.07 Å². The normalized spacial score (nSPS) is 14.4. The molecule has 0 unspecified atom stereocenters. The second kappa shape index (κ2) is 7.59. The number of piperazine rings is 1. The van der Waals surface area contributed by atoms with Crippen molar-refractivity contribution < 1.29 is 9.21 Å². The lowest BCUT2D eigenvalue weighted by Gasteiger charge is -2.34. The predicted octanol–water partition coefficient (Wildman–Crippen LogP) is 3.47. The van der Waals surface area contributed by atoms with Crippen LogP contribution in [0.25, 0.3) is 11.5 Å². The third kappa shape index (κ3) is 3.84. The largest absolute Gasteiger partial charge is 0.441 e. The smallest absolute Gasteiger partial charge is 0.321 e. The maximum Gasteiger partial charge on any atom is 0.321 e. The third-order valence-electron chi connectivity index (χ3n) is 4.74. The first-order valence-electron chi connectivity index (χ1n) is 9.15. The van der Waals surface area contributed by atoms with Gasteiger partial charge in [-0.25, -0.2) is 14.8 Å². The summed E-state index contributed by atoms with van der Waals surface area (Å²) < 4.78 is 9.91. The number of rotatable bonds is 3. The number of aromatic nitrogens is 3.